The Morgan fingerprint density at radius 3 is 1.94 bits per heavy atom. The molecule has 1 atom stereocenters. The summed E-state index contributed by atoms with van der Waals surface area (Å²) in [6, 6.07) is 56.6. The topological polar surface area (TPSA) is 35.0 Å². The molecule has 250 valence electrons. The number of hydrogen-bond donors (Lipinski definition) is 0. The summed E-state index contributed by atoms with van der Waals surface area (Å²) in [5, 5.41) is 3.41. The van der Waals surface area contributed by atoms with Gasteiger partial charge in [-0.15, -0.1) is 0 Å². The molecular formula is C50H34N2O. The summed E-state index contributed by atoms with van der Waals surface area (Å²) in [5.41, 5.74) is 11.9. The number of benzene rings is 7. The zero-order chi connectivity index (χ0) is 35.1. The Hall–Kier alpha value is -6.58. The molecule has 0 saturated carbocycles. The van der Waals surface area contributed by atoms with Gasteiger partial charge in [-0.1, -0.05) is 171 Å². The standard InChI is InChI=1S/C50H34N2O/c1-49-31-11-10-26-45(49)53-47-36(20-13-24-43(47)50(49)41-22-7-4-17-37(41)38-18-5-8-23-42(38)50)33-27-29-34(30-28-33)48-51-44-25-9-6-19-40(44)46(52-48)39-21-12-15-32-14-2-3-16-35(32)39/h2-30H,31H2,1H3. The molecule has 3 heteroatoms. The minimum atomic E-state index is -0.419. The average Bonchev–Trinajstić information content (AvgIpc) is 3.52. The Balaban J connectivity index is 1.08. The van der Waals surface area contributed by atoms with Crippen LogP contribution in [0.4, 0.5) is 0 Å². The van der Waals surface area contributed by atoms with E-state index in [0.29, 0.717) is 5.82 Å². The molecule has 0 fully saturated rings. The SMILES string of the molecule is CC12CC=CC=C1Oc1c(-c3ccc(-c4nc(-c5cccc6ccccc56)c5ccccc5n4)cc3)cccc1C21c2ccccc2-c2ccccc21. The number of hydrogen-bond acceptors (Lipinski definition) is 3. The van der Waals surface area contributed by atoms with Gasteiger partial charge in [0.2, 0.25) is 0 Å². The van der Waals surface area contributed by atoms with Gasteiger partial charge in [0.05, 0.1) is 16.6 Å². The lowest BCUT2D eigenvalue weighted by Crippen LogP contribution is -2.50. The third-order valence-electron chi connectivity index (χ3n) is 12.0. The van der Waals surface area contributed by atoms with Gasteiger partial charge < -0.3 is 4.74 Å². The maximum Gasteiger partial charge on any atom is 0.160 e. The maximum atomic E-state index is 7.09. The van der Waals surface area contributed by atoms with E-state index >= 15 is 0 Å². The van der Waals surface area contributed by atoms with Crippen LogP contribution >= 0.6 is 0 Å². The van der Waals surface area contributed by atoms with E-state index in [-0.39, 0.29) is 5.41 Å². The molecule has 0 radical (unpaired) electrons. The third kappa shape index (κ3) is 4.11. The van der Waals surface area contributed by atoms with Crippen LogP contribution in [-0.4, -0.2) is 9.97 Å². The summed E-state index contributed by atoms with van der Waals surface area (Å²) in [7, 11) is 0. The van der Waals surface area contributed by atoms with Crippen molar-refractivity contribution < 1.29 is 4.74 Å². The van der Waals surface area contributed by atoms with Crippen LogP contribution < -0.4 is 4.74 Å². The minimum absolute atomic E-state index is 0.310. The first-order valence-corrected chi connectivity index (χ1v) is 18.4. The molecule has 8 aromatic rings. The highest BCUT2D eigenvalue weighted by molar-refractivity contribution is 6.03. The van der Waals surface area contributed by atoms with Gasteiger partial charge in [0.15, 0.2) is 5.82 Å². The number of fused-ring (bicyclic) bond motifs is 11. The van der Waals surface area contributed by atoms with E-state index in [4.69, 9.17) is 14.7 Å². The van der Waals surface area contributed by atoms with E-state index in [1.807, 2.05) is 6.07 Å². The predicted molar refractivity (Wildman–Crippen MR) is 216 cm³/mol. The number of allylic oxidation sites excluding steroid dienone is 4. The lowest BCUT2D eigenvalue weighted by Gasteiger charge is -2.53. The second-order valence-electron chi connectivity index (χ2n) is 14.6. The molecule has 1 aliphatic heterocycles. The maximum absolute atomic E-state index is 7.09. The van der Waals surface area contributed by atoms with Gasteiger partial charge in [0, 0.05) is 33.1 Å². The molecule has 7 aromatic carbocycles. The molecule has 2 aliphatic carbocycles. The van der Waals surface area contributed by atoms with Crippen LogP contribution in [0.1, 0.15) is 30.0 Å². The van der Waals surface area contributed by atoms with Crippen LogP contribution in [0, 0.1) is 5.41 Å². The smallest absolute Gasteiger partial charge is 0.160 e. The van der Waals surface area contributed by atoms with E-state index in [1.54, 1.807) is 0 Å². The normalized spacial score (nSPS) is 17.5. The molecule has 0 amide bonds. The van der Waals surface area contributed by atoms with Gasteiger partial charge in [-0.25, -0.2) is 9.97 Å². The summed E-state index contributed by atoms with van der Waals surface area (Å²) >= 11 is 0. The predicted octanol–water partition coefficient (Wildman–Crippen LogP) is 12.3. The molecule has 3 aliphatic rings. The fourth-order valence-electron chi connectivity index (χ4n) is 9.57. The number of aromatic nitrogens is 2. The van der Waals surface area contributed by atoms with Crippen LogP contribution in [0.5, 0.6) is 5.75 Å². The molecule has 53 heavy (non-hydrogen) atoms. The second-order valence-corrected chi connectivity index (χ2v) is 14.6. The van der Waals surface area contributed by atoms with Crippen molar-refractivity contribution >= 4 is 21.7 Å². The fraction of sp³-hybridized carbons (Fsp3) is 0.0800. The van der Waals surface area contributed by atoms with Crippen molar-refractivity contribution in [1.82, 2.24) is 9.97 Å². The van der Waals surface area contributed by atoms with Crippen molar-refractivity contribution in [3.8, 4) is 50.6 Å². The highest BCUT2D eigenvalue weighted by atomic mass is 16.5. The van der Waals surface area contributed by atoms with Crippen molar-refractivity contribution in [3.05, 3.63) is 198 Å². The molecule has 1 unspecified atom stereocenters. The molecule has 11 rings (SSSR count). The van der Waals surface area contributed by atoms with Crippen molar-refractivity contribution in [2.75, 3.05) is 0 Å². The van der Waals surface area contributed by atoms with Gasteiger partial charge in [-0.3, -0.25) is 0 Å². The molecule has 1 spiro atoms. The minimum Gasteiger partial charge on any atom is -0.460 e. The van der Waals surface area contributed by atoms with E-state index in [2.05, 4.69) is 177 Å². The Morgan fingerprint density at radius 2 is 1.13 bits per heavy atom. The largest absolute Gasteiger partial charge is 0.460 e. The van der Waals surface area contributed by atoms with E-state index in [1.165, 1.54) is 38.6 Å². The highest BCUT2D eigenvalue weighted by Crippen LogP contribution is 2.68. The summed E-state index contributed by atoms with van der Waals surface area (Å²) in [5.74, 6) is 2.64. The average molecular weight is 679 g/mol. The Morgan fingerprint density at radius 1 is 0.528 bits per heavy atom. The van der Waals surface area contributed by atoms with Crippen LogP contribution in [-0.2, 0) is 5.41 Å². The number of nitrogens with zero attached hydrogens (tertiary/aromatic N) is 2. The van der Waals surface area contributed by atoms with Crippen LogP contribution in [0.3, 0.4) is 0 Å². The highest BCUT2D eigenvalue weighted by Gasteiger charge is 2.62. The zero-order valence-electron chi connectivity index (χ0n) is 29.3. The molecule has 1 aromatic heterocycles. The Bertz CT molecular complexity index is 2810. The van der Waals surface area contributed by atoms with Gasteiger partial charge in [-0.05, 0) is 57.2 Å². The van der Waals surface area contributed by atoms with Crippen molar-refractivity contribution in [3.63, 3.8) is 0 Å². The van der Waals surface area contributed by atoms with Crippen LogP contribution in [0.15, 0.2) is 182 Å². The van der Waals surface area contributed by atoms with Gasteiger partial charge in [0.1, 0.15) is 11.5 Å². The van der Waals surface area contributed by atoms with Gasteiger partial charge in [0.25, 0.3) is 0 Å². The van der Waals surface area contributed by atoms with Crippen molar-refractivity contribution in [2.45, 2.75) is 18.8 Å². The summed E-state index contributed by atoms with van der Waals surface area (Å²) in [6.07, 6.45) is 7.51. The lowest BCUT2D eigenvalue weighted by molar-refractivity contribution is 0.154. The summed E-state index contributed by atoms with van der Waals surface area (Å²) < 4.78 is 7.09. The molecule has 2 heterocycles. The zero-order valence-corrected chi connectivity index (χ0v) is 29.3. The van der Waals surface area contributed by atoms with Gasteiger partial charge >= 0.3 is 0 Å². The first kappa shape index (κ1) is 30.1. The second kappa shape index (κ2) is 11.2. The number of para-hydroxylation sites is 2. The lowest BCUT2D eigenvalue weighted by atomic mass is 9.52. The number of rotatable bonds is 3. The number of ether oxygens (including phenoxy) is 1. The van der Waals surface area contributed by atoms with E-state index < -0.39 is 5.41 Å². The molecule has 3 nitrogen and oxygen atoms in total. The fourth-order valence-corrected chi connectivity index (χ4v) is 9.57. The van der Waals surface area contributed by atoms with Crippen LogP contribution in [0.2, 0.25) is 0 Å². The first-order valence-electron chi connectivity index (χ1n) is 18.4. The quantitative estimate of drug-likeness (QED) is 0.187. The Kier molecular flexibility index (Phi) is 6.36. The van der Waals surface area contributed by atoms with E-state index in [0.717, 1.165) is 56.8 Å². The molecule has 0 bridgehead atoms. The van der Waals surface area contributed by atoms with Gasteiger partial charge in [-0.2, -0.15) is 0 Å². The Labute approximate surface area is 308 Å². The monoisotopic (exact) mass is 678 g/mol. The van der Waals surface area contributed by atoms with Crippen molar-refractivity contribution in [2.24, 2.45) is 5.41 Å². The molecule has 0 N–H and O–H groups in total. The molecule has 0 saturated heterocycles. The first-order chi connectivity index (χ1) is 26.1. The van der Waals surface area contributed by atoms with Crippen LogP contribution in [0.25, 0.3) is 66.6 Å². The van der Waals surface area contributed by atoms with E-state index in [9.17, 15) is 0 Å². The summed E-state index contributed by atoms with van der Waals surface area (Å²) in [4.78, 5) is 10.3. The summed E-state index contributed by atoms with van der Waals surface area (Å²) in [6.45, 7) is 2.39. The molecular weight excluding hydrogens is 645 g/mol. The van der Waals surface area contributed by atoms with Crippen molar-refractivity contribution in [1.29, 1.82) is 0 Å². The third-order valence-corrected chi connectivity index (χ3v) is 12.0.